The molecular formula is C14H22N2. The molecule has 1 aromatic rings. The van der Waals surface area contributed by atoms with Gasteiger partial charge in [-0.1, -0.05) is 30.3 Å². The van der Waals surface area contributed by atoms with Gasteiger partial charge in [0.05, 0.1) is 0 Å². The van der Waals surface area contributed by atoms with Crippen molar-refractivity contribution in [2.75, 3.05) is 13.1 Å². The Morgan fingerprint density at radius 1 is 1.31 bits per heavy atom. The molecule has 0 radical (unpaired) electrons. The van der Waals surface area contributed by atoms with Gasteiger partial charge in [-0.25, -0.2) is 0 Å². The molecule has 1 N–H and O–H groups in total. The summed E-state index contributed by atoms with van der Waals surface area (Å²) in [7, 11) is 0. The number of piperazine rings is 1. The van der Waals surface area contributed by atoms with E-state index in [-0.39, 0.29) is 5.54 Å². The summed E-state index contributed by atoms with van der Waals surface area (Å²) in [6.07, 6.45) is 0. The summed E-state index contributed by atoms with van der Waals surface area (Å²) in [6.45, 7) is 10.1. The minimum absolute atomic E-state index is 0.229. The predicted molar refractivity (Wildman–Crippen MR) is 68.4 cm³/mol. The molecule has 2 heteroatoms. The van der Waals surface area contributed by atoms with Crippen molar-refractivity contribution in [3.63, 3.8) is 0 Å². The fourth-order valence-corrected chi connectivity index (χ4v) is 2.73. The topological polar surface area (TPSA) is 15.3 Å². The lowest BCUT2D eigenvalue weighted by Gasteiger charge is -2.42. The van der Waals surface area contributed by atoms with Gasteiger partial charge < -0.3 is 5.32 Å². The molecule has 0 aromatic heterocycles. The second-order valence-corrected chi connectivity index (χ2v) is 5.58. The van der Waals surface area contributed by atoms with Crippen LogP contribution in [0.1, 0.15) is 26.3 Å². The van der Waals surface area contributed by atoms with Crippen LogP contribution in [0.3, 0.4) is 0 Å². The van der Waals surface area contributed by atoms with E-state index in [4.69, 9.17) is 0 Å². The number of benzene rings is 1. The fraction of sp³-hybridized carbons (Fsp3) is 0.571. The number of hydrogen-bond acceptors (Lipinski definition) is 2. The van der Waals surface area contributed by atoms with E-state index in [0.717, 1.165) is 19.6 Å². The van der Waals surface area contributed by atoms with Crippen LogP contribution in [0.25, 0.3) is 0 Å². The first-order chi connectivity index (χ1) is 7.55. The van der Waals surface area contributed by atoms with E-state index < -0.39 is 0 Å². The maximum Gasteiger partial charge on any atom is 0.0255 e. The zero-order valence-electron chi connectivity index (χ0n) is 10.5. The van der Waals surface area contributed by atoms with Crippen molar-refractivity contribution in [3.05, 3.63) is 35.9 Å². The summed E-state index contributed by atoms with van der Waals surface area (Å²) < 4.78 is 0. The van der Waals surface area contributed by atoms with E-state index in [9.17, 15) is 0 Å². The molecule has 1 aromatic carbocycles. The standard InChI is InChI=1S/C14H22N2/c1-12-9-16(11-14(2,3)15-12)10-13-7-5-4-6-8-13/h4-8,12,15H,9-11H2,1-3H3/t12-/m1/s1. The van der Waals surface area contributed by atoms with Crippen LogP contribution in [-0.4, -0.2) is 29.6 Å². The van der Waals surface area contributed by atoms with Crippen LogP contribution < -0.4 is 5.32 Å². The van der Waals surface area contributed by atoms with Gasteiger partial charge in [0.2, 0.25) is 0 Å². The van der Waals surface area contributed by atoms with E-state index in [0.29, 0.717) is 6.04 Å². The number of nitrogens with one attached hydrogen (secondary N) is 1. The monoisotopic (exact) mass is 218 g/mol. The van der Waals surface area contributed by atoms with Gasteiger partial charge in [0.25, 0.3) is 0 Å². The molecule has 16 heavy (non-hydrogen) atoms. The van der Waals surface area contributed by atoms with E-state index in [1.165, 1.54) is 5.56 Å². The Morgan fingerprint density at radius 3 is 2.62 bits per heavy atom. The Hall–Kier alpha value is -0.860. The summed E-state index contributed by atoms with van der Waals surface area (Å²) in [6, 6.07) is 11.3. The first kappa shape index (κ1) is 11.6. The zero-order chi connectivity index (χ0) is 11.6. The molecule has 0 spiro atoms. The third kappa shape index (κ3) is 3.06. The quantitative estimate of drug-likeness (QED) is 0.819. The zero-order valence-corrected chi connectivity index (χ0v) is 10.5. The van der Waals surface area contributed by atoms with Crippen molar-refractivity contribution in [1.82, 2.24) is 10.2 Å². The van der Waals surface area contributed by atoms with Gasteiger partial charge in [0.1, 0.15) is 0 Å². The molecule has 0 bridgehead atoms. The molecule has 88 valence electrons. The Morgan fingerprint density at radius 2 is 2.00 bits per heavy atom. The van der Waals surface area contributed by atoms with Crippen LogP contribution in [0, 0.1) is 0 Å². The van der Waals surface area contributed by atoms with Gasteiger partial charge in [-0.3, -0.25) is 4.90 Å². The smallest absolute Gasteiger partial charge is 0.0255 e. The van der Waals surface area contributed by atoms with Gasteiger partial charge in [0.15, 0.2) is 0 Å². The molecule has 1 aliphatic rings. The van der Waals surface area contributed by atoms with E-state index in [1.54, 1.807) is 0 Å². The predicted octanol–water partition coefficient (Wildman–Crippen LogP) is 2.26. The lowest BCUT2D eigenvalue weighted by atomic mass is 9.98. The van der Waals surface area contributed by atoms with Gasteiger partial charge in [-0.15, -0.1) is 0 Å². The summed E-state index contributed by atoms with van der Waals surface area (Å²) in [5.74, 6) is 0. The first-order valence-electron chi connectivity index (χ1n) is 6.09. The van der Waals surface area contributed by atoms with Crippen LogP contribution in [0.15, 0.2) is 30.3 Å². The molecule has 1 fully saturated rings. The molecule has 2 nitrogen and oxygen atoms in total. The van der Waals surface area contributed by atoms with Crippen molar-refractivity contribution in [1.29, 1.82) is 0 Å². The summed E-state index contributed by atoms with van der Waals surface area (Å²) in [4.78, 5) is 2.54. The highest BCUT2D eigenvalue weighted by atomic mass is 15.2. The lowest BCUT2D eigenvalue weighted by molar-refractivity contribution is 0.117. The van der Waals surface area contributed by atoms with Gasteiger partial charge in [-0.2, -0.15) is 0 Å². The molecule has 1 atom stereocenters. The molecule has 0 aliphatic carbocycles. The van der Waals surface area contributed by atoms with Gasteiger partial charge in [-0.05, 0) is 26.3 Å². The van der Waals surface area contributed by atoms with Crippen LogP contribution in [0.4, 0.5) is 0 Å². The average molecular weight is 218 g/mol. The molecule has 1 saturated heterocycles. The van der Waals surface area contributed by atoms with E-state index >= 15 is 0 Å². The first-order valence-corrected chi connectivity index (χ1v) is 6.09. The Balaban J connectivity index is 2.00. The van der Waals surface area contributed by atoms with Crippen LogP contribution in [-0.2, 0) is 6.54 Å². The minimum atomic E-state index is 0.229. The molecule has 0 unspecified atom stereocenters. The van der Waals surface area contributed by atoms with E-state index in [1.807, 2.05) is 0 Å². The largest absolute Gasteiger partial charge is 0.307 e. The molecule has 1 aliphatic heterocycles. The Labute approximate surface area is 98.7 Å². The molecule has 2 rings (SSSR count). The Bertz CT molecular complexity index is 332. The highest BCUT2D eigenvalue weighted by Gasteiger charge is 2.29. The van der Waals surface area contributed by atoms with Crippen molar-refractivity contribution >= 4 is 0 Å². The summed E-state index contributed by atoms with van der Waals surface area (Å²) in [5, 5.41) is 3.63. The number of nitrogens with zero attached hydrogens (tertiary/aromatic N) is 1. The Kier molecular flexibility index (Phi) is 3.31. The number of rotatable bonds is 2. The second-order valence-electron chi connectivity index (χ2n) is 5.58. The third-order valence-corrected chi connectivity index (χ3v) is 3.04. The van der Waals surface area contributed by atoms with Crippen molar-refractivity contribution in [3.8, 4) is 0 Å². The molecular weight excluding hydrogens is 196 g/mol. The van der Waals surface area contributed by atoms with Crippen LogP contribution >= 0.6 is 0 Å². The lowest BCUT2D eigenvalue weighted by Crippen LogP contribution is -2.60. The highest BCUT2D eigenvalue weighted by molar-refractivity contribution is 5.14. The second kappa shape index (κ2) is 4.56. The summed E-state index contributed by atoms with van der Waals surface area (Å²) in [5.41, 5.74) is 1.64. The van der Waals surface area contributed by atoms with Crippen LogP contribution in [0.5, 0.6) is 0 Å². The molecule has 0 amide bonds. The maximum atomic E-state index is 3.63. The molecule has 0 saturated carbocycles. The fourth-order valence-electron chi connectivity index (χ4n) is 2.73. The van der Waals surface area contributed by atoms with E-state index in [2.05, 4.69) is 61.3 Å². The average Bonchev–Trinajstić information content (AvgIpc) is 2.15. The number of hydrogen-bond donors (Lipinski definition) is 1. The third-order valence-electron chi connectivity index (χ3n) is 3.04. The minimum Gasteiger partial charge on any atom is -0.307 e. The van der Waals surface area contributed by atoms with Crippen molar-refractivity contribution < 1.29 is 0 Å². The SMILES string of the molecule is C[C@@H]1CN(Cc2ccccc2)CC(C)(C)N1. The highest BCUT2D eigenvalue weighted by Crippen LogP contribution is 2.16. The maximum absolute atomic E-state index is 3.63. The normalized spacial score (nSPS) is 25.6. The van der Waals surface area contributed by atoms with Crippen molar-refractivity contribution in [2.45, 2.75) is 38.9 Å². The van der Waals surface area contributed by atoms with Crippen molar-refractivity contribution in [2.24, 2.45) is 0 Å². The van der Waals surface area contributed by atoms with Gasteiger partial charge in [0, 0.05) is 31.2 Å². The summed E-state index contributed by atoms with van der Waals surface area (Å²) >= 11 is 0. The van der Waals surface area contributed by atoms with Crippen LogP contribution in [0.2, 0.25) is 0 Å². The van der Waals surface area contributed by atoms with Gasteiger partial charge >= 0.3 is 0 Å². The molecule has 1 heterocycles.